The molecule has 0 saturated carbocycles. The van der Waals surface area contributed by atoms with Crippen LogP contribution in [-0.4, -0.2) is 26.8 Å². The van der Waals surface area contributed by atoms with Crippen molar-refractivity contribution in [2.45, 2.75) is 32.5 Å². The van der Waals surface area contributed by atoms with Gasteiger partial charge >= 0.3 is 0 Å². The zero-order valence-corrected chi connectivity index (χ0v) is 20.4. The molecule has 2 aromatic heterocycles. The van der Waals surface area contributed by atoms with E-state index in [9.17, 15) is 9.59 Å². The van der Waals surface area contributed by atoms with Crippen LogP contribution in [-0.2, 0) is 29.1 Å². The Morgan fingerprint density at radius 3 is 2.43 bits per heavy atom. The predicted molar refractivity (Wildman–Crippen MR) is 141 cm³/mol. The lowest BCUT2D eigenvalue weighted by Crippen LogP contribution is -2.45. The molecule has 2 amide bonds. The second kappa shape index (κ2) is 10.9. The third-order valence-corrected chi connectivity index (χ3v) is 6.24. The molecule has 8 heteroatoms. The molecule has 0 aliphatic rings. The van der Waals surface area contributed by atoms with Gasteiger partial charge in [0.05, 0.1) is 18.3 Å². The third-order valence-electron chi connectivity index (χ3n) is 6.24. The van der Waals surface area contributed by atoms with Gasteiger partial charge in [0.1, 0.15) is 23.9 Å². The van der Waals surface area contributed by atoms with Crippen molar-refractivity contribution >= 4 is 28.5 Å². The molecule has 0 aliphatic heterocycles. The van der Waals surface area contributed by atoms with Crippen LogP contribution in [0.3, 0.4) is 0 Å². The normalized spacial score (nSPS) is 11.8. The minimum absolute atomic E-state index is 0.0790. The number of fused-ring (bicyclic) bond motifs is 1. The van der Waals surface area contributed by atoms with Gasteiger partial charge in [-0.15, -0.1) is 5.10 Å². The highest BCUT2D eigenvalue weighted by atomic mass is 16.3. The zero-order valence-electron chi connectivity index (χ0n) is 20.4. The Hall–Kier alpha value is -4.72. The highest BCUT2D eigenvalue weighted by Crippen LogP contribution is 2.29. The first-order valence-corrected chi connectivity index (χ1v) is 12.2. The quantitative estimate of drug-likeness (QED) is 0.322. The van der Waals surface area contributed by atoms with Crippen molar-refractivity contribution in [3.63, 3.8) is 0 Å². The van der Waals surface area contributed by atoms with E-state index in [1.807, 2.05) is 78.9 Å². The van der Waals surface area contributed by atoms with Crippen LogP contribution >= 0.6 is 0 Å². The minimum Gasteiger partial charge on any atom is -0.467 e. The van der Waals surface area contributed by atoms with Crippen LogP contribution in [0, 0.1) is 0 Å². The van der Waals surface area contributed by atoms with Crippen molar-refractivity contribution in [1.82, 2.24) is 20.3 Å². The van der Waals surface area contributed by atoms with Crippen LogP contribution in [0.15, 0.2) is 102 Å². The van der Waals surface area contributed by atoms with Crippen LogP contribution < -0.4 is 10.2 Å². The highest BCUT2D eigenvalue weighted by Gasteiger charge is 2.33. The van der Waals surface area contributed by atoms with Crippen molar-refractivity contribution in [1.29, 1.82) is 0 Å². The van der Waals surface area contributed by atoms with E-state index in [4.69, 9.17) is 4.42 Å². The van der Waals surface area contributed by atoms with Gasteiger partial charge in [-0.05, 0) is 53.9 Å². The average molecular weight is 494 g/mol. The Morgan fingerprint density at radius 2 is 1.70 bits per heavy atom. The van der Waals surface area contributed by atoms with Gasteiger partial charge in [0.15, 0.2) is 0 Å². The fourth-order valence-corrected chi connectivity index (χ4v) is 4.30. The van der Waals surface area contributed by atoms with Gasteiger partial charge < -0.3 is 9.73 Å². The van der Waals surface area contributed by atoms with E-state index in [-0.39, 0.29) is 24.9 Å². The van der Waals surface area contributed by atoms with Crippen LogP contribution in [0.4, 0.5) is 5.69 Å². The highest BCUT2D eigenvalue weighted by molar-refractivity contribution is 6.01. The number of carbonyl (C=O) groups is 2. The number of aromatic nitrogens is 3. The fraction of sp³-hybridized carbons (Fsp3) is 0.172. The Morgan fingerprint density at radius 1 is 0.946 bits per heavy atom. The van der Waals surface area contributed by atoms with Crippen LogP contribution in [0.25, 0.3) is 11.0 Å². The number of furan rings is 1. The van der Waals surface area contributed by atoms with E-state index in [0.29, 0.717) is 22.5 Å². The minimum atomic E-state index is -0.912. The third kappa shape index (κ3) is 5.28. The van der Waals surface area contributed by atoms with Crippen molar-refractivity contribution in [3.8, 4) is 0 Å². The molecule has 5 rings (SSSR count). The lowest BCUT2D eigenvalue weighted by atomic mass is 10.0. The summed E-state index contributed by atoms with van der Waals surface area (Å²) in [6.07, 6.45) is 2.43. The van der Waals surface area contributed by atoms with Crippen LogP contribution in [0.5, 0.6) is 0 Å². The predicted octanol–water partition coefficient (Wildman–Crippen LogP) is 4.68. The number of anilines is 1. The summed E-state index contributed by atoms with van der Waals surface area (Å²) in [5.74, 6) is 0.0148. The van der Waals surface area contributed by atoms with Gasteiger partial charge in [-0.1, -0.05) is 66.7 Å². The summed E-state index contributed by atoms with van der Waals surface area (Å²) in [6, 6.07) is 27.1. The standard InChI is InChI=1S/C29H27N5O3/c1-2-21-14-16-22(17-15-21)28(29(36)30-19-24-11-8-18-37-24)34(23-9-4-3-5-10-23)27(35)20-33-26-13-7-6-12-25(26)31-32-33/h3-18,28H,2,19-20H2,1H3,(H,30,36)/t28-/m0/s1. The SMILES string of the molecule is CCc1ccc([C@@H](C(=O)NCc2ccco2)N(C(=O)Cn2nnc3ccccc32)c2ccccc2)cc1. The number of nitrogens with zero attached hydrogens (tertiary/aromatic N) is 4. The molecule has 2 heterocycles. The topological polar surface area (TPSA) is 93.3 Å². The molecule has 8 nitrogen and oxygen atoms in total. The smallest absolute Gasteiger partial charge is 0.249 e. The summed E-state index contributed by atoms with van der Waals surface area (Å²) in [6.45, 7) is 2.20. The van der Waals surface area contributed by atoms with Crippen molar-refractivity contribution in [2.24, 2.45) is 0 Å². The van der Waals surface area contributed by atoms with Gasteiger partial charge in [-0.25, -0.2) is 4.68 Å². The number of aryl methyl sites for hydroxylation is 1. The van der Waals surface area contributed by atoms with E-state index >= 15 is 0 Å². The number of hydrogen-bond acceptors (Lipinski definition) is 5. The molecular formula is C29H27N5O3. The Balaban J connectivity index is 1.54. The molecule has 1 atom stereocenters. The van der Waals surface area contributed by atoms with Gasteiger partial charge in [0.2, 0.25) is 11.8 Å². The molecule has 0 bridgehead atoms. The summed E-state index contributed by atoms with van der Waals surface area (Å²) in [4.78, 5) is 29.3. The first-order chi connectivity index (χ1) is 18.1. The Kier molecular flexibility index (Phi) is 7.07. The van der Waals surface area contributed by atoms with Gasteiger partial charge in [0.25, 0.3) is 0 Å². The molecular weight excluding hydrogens is 466 g/mol. The number of rotatable bonds is 9. The summed E-state index contributed by atoms with van der Waals surface area (Å²) in [7, 11) is 0. The number of carbonyl (C=O) groups excluding carboxylic acids is 2. The van der Waals surface area contributed by atoms with Crippen molar-refractivity contribution in [2.75, 3.05) is 4.90 Å². The number of para-hydroxylation sites is 2. The molecule has 0 fully saturated rings. The molecule has 0 radical (unpaired) electrons. The average Bonchev–Trinajstić information content (AvgIpc) is 3.61. The first kappa shape index (κ1) is 24.0. The van der Waals surface area contributed by atoms with Gasteiger partial charge in [0, 0.05) is 5.69 Å². The lowest BCUT2D eigenvalue weighted by molar-refractivity contribution is -0.127. The van der Waals surface area contributed by atoms with E-state index in [1.165, 1.54) is 4.90 Å². The zero-order chi connectivity index (χ0) is 25.6. The number of nitrogens with one attached hydrogen (secondary N) is 1. The monoisotopic (exact) mass is 493 g/mol. The van der Waals surface area contributed by atoms with E-state index < -0.39 is 6.04 Å². The maximum atomic E-state index is 14.0. The number of hydrogen-bond donors (Lipinski definition) is 1. The van der Waals surface area contributed by atoms with Crippen molar-refractivity contribution in [3.05, 3.63) is 114 Å². The van der Waals surface area contributed by atoms with E-state index in [1.54, 1.807) is 23.1 Å². The second-order valence-electron chi connectivity index (χ2n) is 8.63. The van der Waals surface area contributed by atoms with Gasteiger partial charge in [-0.2, -0.15) is 0 Å². The van der Waals surface area contributed by atoms with Crippen LogP contribution in [0.2, 0.25) is 0 Å². The van der Waals surface area contributed by atoms with E-state index in [2.05, 4.69) is 22.6 Å². The molecule has 0 aliphatic carbocycles. The molecule has 37 heavy (non-hydrogen) atoms. The number of amides is 2. The largest absolute Gasteiger partial charge is 0.467 e. The fourth-order valence-electron chi connectivity index (χ4n) is 4.30. The molecule has 5 aromatic rings. The van der Waals surface area contributed by atoms with Gasteiger partial charge in [-0.3, -0.25) is 14.5 Å². The molecule has 0 spiro atoms. The van der Waals surface area contributed by atoms with Crippen LogP contribution in [0.1, 0.15) is 29.9 Å². The summed E-state index contributed by atoms with van der Waals surface area (Å²) in [5.41, 5.74) is 3.90. The maximum absolute atomic E-state index is 14.0. The number of benzene rings is 3. The molecule has 186 valence electrons. The molecule has 0 saturated heterocycles. The molecule has 1 N–H and O–H groups in total. The van der Waals surface area contributed by atoms with Crippen molar-refractivity contribution < 1.29 is 14.0 Å². The molecule has 3 aromatic carbocycles. The first-order valence-electron chi connectivity index (χ1n) is 12.2. The molecule has 0 unspecified atom stereocenters. The second-order valence-corrected chi connectivity index (χ2v) is 8.63. The summed E-state index contributed by atoms with van der Waals surface area (Å²) in [5, 5.41) is 11.3. The Labute approximate surface area is 214 Å². The Bertz CT molecular complexity index is 1480. The van der Waals surface area contributed by atoms with E-state index in [0.717, 1.165) is 17.5 Å². The summed E-state index contributed by atoms with van der Waals surface area (Å²) >= 11 is 0. The lowest BCUT2D eigenvalue weighted by Gasteiger charge is -2.31. The summed E-state index contributed by atoms with van der Waals surface area (Å²) < 4.78 is 6.95. The maximum Gasteiger partial charge on any atom is 0.249 e.